The van der Waals surface area contributed by atoms with E-state index >= 15 is 0 Å². The van der Waals surface area contributed by atoms with Gasteiger partial charge in [0, 0.05) is 29.8 Å². The summed E-state index contributed by atoms with van der Waals surface area (Å²) in [6.45, 7) is 4.04. The lowest BCUT2D eigenvalue weighted by molar-refractivity contribution is 0.0793. The second kappa shape index (κ2) is 6.85. The minimum atomic E-state index is -4.08. The van der Waals surface area contributed by atoms with Gasteiger partial charge in [-0.2, -0.15) is 0 Å². The number of unbranched alkanes of at least 4 members (excludes halogenated alkanes) is 1. The minimum absolute atomic E-state index is 0.0506. The van der Waals surface area contributed by atoms with Crippen LogP contribution >= 0.6 is 10.7 Å². The number of rotatable bonds is 6. The van der Waals surface area contributed by atoms with E-state index in [1.54, 1.807) is 13.1 Å². The van der Waals surface area contributed by atoms with E-state index in [4.69, 9.17) is 10.7 Å². The number of hydrogen-bond donors (Lipinski definition) is 0. The number of amides is 1. The van der Waals surface area contributed by atoms with E-state index in [1.807, 2.05) is 0 Å². The molecule has 1 aromatic rings. The van der Waals surface area contributed by atoms with Crippen molar-refractivity contribution in [2.75, 3.05) is 13.6 Å². The first-order valence-corrected chi connectivity index (χ1v) is 8.18. The molecule has 0 saturated carbocycles. The summed E-state index contributed by atoms with van der Waals surface area (Å²) < 4.78 is 35.8. The van der Waals surface area contributed by atoms with E-state index in [0.29, 0.717) is 6.54 Å². The Bertz CT molecular complexity index is 616. The fourth-order valence-corrected chi connectivity index (χ4v) is 2.41. The summed E-state index contributed by atoms with van der Waals surface area (Å²) in [5.41, 5.74) is -0.0506. The molecule has 0 heterocycles. The zero-order chi connectivity index (χ0) is 15.3. The first-order valence-electron chi connectivity index (χ1n) is 5.87. The monoisotopic (exact) mass is 319 g/mol. The molecule has 0 saturated heterocycles. The summed E-state index contributed by atoms with van der Waals surface area (Å²) in [5.74, 6) is -1.29. The molecular formula is C13H15ClFNO3S. The SMILES string of the molecule is C=CCCCN(C)C(=O)c1cc(F)cc(S(=O)(=O)Cl)c1. The van der Waals surface area contributed by atoms with Gasteiger partial charge < -0.3 is 4.90 Å². The lowest BCUT2D eigenvalue weighted by Gasteiger charge is -2.17. The van der Waals surface area contributed by atoms with Gasteiger partial charge in [-0.05, 0) is 31.0 Å². The van der Waals surface area contributed by atoms with Crippen molar-refractivity contribution in [3.63, 3.8) is 0 Å². The fraction of sp³-hybridized carbons (Fsp3) is 0.308. The highest BCUT2D eigenvalue weighted by Crippen LogP contribution is 2.19. The third-order valence-corrected chi connectivity index (χ3v) is 3.98. The summed E-state index contributed by atoms with van der Waals surface area (Å²) in [4.78, 5) is 13.0. The first kappa shape index (κ1) is 16.7. The lowest BCUT2D eigenvalue weighted by Crippen LogP contribution is -2.27. The van der Waals surface area contributed by atoms with Crippen LogP contribution in [0, 0.1) is 5.82 Å². The van der Waals surface area contributed by atoms with Gasteiger partial charge in [0.05, 0.1) is 4.90 Å². The van der Waals surface area contributed by atoms with Crippen LogP contribution in [0.3, 0.4) is 0 Å². The van der Waals surface area contributed by atoms with Crippen LogP contribution in [0.1, 0.15) is 23.2 Å². The molecule has 0 aliphatic carbocycles. The molecular weight excluding hydrogens is 305 g/mol. The highest BCUT2D eigenvalue weighted by molar-refractivity contribution is 8.13. The fourth-order valence-electron chi connectivity index (χ4n) is 1.62. The summed E-state index contributed by atoms with van der Waals surface area (Å²) >= 11 is 0. The van der Waals surface area contributed by atoms with Crippen LogP contribution in [0.25, 0.3) is 0 Å². The predicted octanol–water partition coefficient (Wildman–Crippen LogP) is 2.79. The molecule has 20 heavy (non-hydrogen) atoms. The van der Waals surface area contributed by atoms with E-state index in [-0.39, 0.29) is 5.56 Å². The Morgan fingerprint density at radius 1 is 1.45 bits per heavy atom. The molecule has 0 bridgehead atoms. The van der Waals surface area contributed by atoms with Gasteiger partial charge in [-0.1, -0.05) is 6.08 Å². The third-order valence-electron chi connectivity index (χ3n) is 2.65. The van der Waals surface area contributed by atoms with Gasteiger partial charge in [-0.3, -0.25) is 4.79 Å². The molecule has 1 rings (SSSR count). The number of allylic oxidation sites excluding steroid dienone is 1. The van der Waals surface area contributed by atoms with Gasteiger partial charge in [0.15, 0.2) is 0 Å². The predicted molar refractivity (Wildman–Crippen MR) is 75.8 cm³/mol. The molecule has 0 N–H and O–H groups in total. The molecule has 1 aromatic carbocycles. The van der Waals surface area contributed by atoms with Crippen LogP contribution in [0.15, 0.2) is 35.7 Å². The van der Waals surface area contributed by atoms with Crippen molar-refractivity contribution in [2.24, 2.45) is 0 Å². The Kier molecular flexibility index (Phi) is 5.71. The van der Waals surface area contributed by atoms with Gasteiger partial charge in [0.1, 0.15) is 5.82 Å². The average molecular weight is 320 g/mol. The molecule has 0 aromatic heterocycles. The van der Waals surface area contributed by atoms with Crippen LogP contribution in [0.5, 0.6) is 0 Å². The van der Waals surface area contributed by atoms with Crippen LogP contribution in [-0.4, -0.2) is 32.8 Å². The third kappa shape index (κ3) is 4.61. The molecule has 0 spiro atoms. The minimum Gasteiger partial charge on any atom is -0.342 e. The Hall–Kier alpha value is -1.40. The van der Waals surface area contributed by atoms with Crippen LogP contribution in [0.4, 0.5) is 4.39 Å². The largest absolute Gasteiger partial charge is 0.342 e. The van der Waals surface area contributed by atoms with Crippen LogP contribution < -0.4 is 0 Å². The normalized spacial score (nSPS) is 11.2. The van der Waals surface area contributed by atoms with Gasteiger partial charge in [-0.15, -0.1) is 6.58 Å². The number of halogens is 2. The first-order chi connectivity index (χ1) is 9.25. The summed E-state index contributed by atoms with van der Waals surface area (Å²) in [6, 6.07) is 2.83. The maximum Gasteiger partial charge on any atom is 0.261 e. The van der Waals surface area contributed by atoms with Crippen molar-refractivity contribution >= 4 is 25.6 Å². The number of hydrogen-bond acceptors (Lipinski definition) is 3. The Morgan fingerprint density at radius 2 is 2.10 bits per heavy atom. The van der Waals surface area contributed by atoms with E-state index in [1.165, 1.54) is 4.90 Å². The Labute approximate surface area is 122 Å². The van der Waals surface area contributed by atoms with Crippen LogP contribution in [-0.2, 0) is 9.05 Å². The standard InChI is InChI=1S/C13H15ClFNO3S/c1-3-4-5-6-16(2)13(17)10-7-11(15)9-12(8-10)20(14,18)19/h3,7-9H,1,4-6H2,2H3. The highest BCUT2D eigenvalue weighted by atomic mass is 35.7. The molecule has 4 nitrogen and oxygen atoms in total. The number of carbonyl (C=O) groups is 1. The van der Waals surface area contributed by atoms with Crippen molar-refractivity contribution in [1.82, 2.24) is 4.90 Å². The molecule has 0 aliphatic rings. The number of benzene rings is 1. The highest BCUT2D eigenvalue weighted by Gasteiger charge is 2.18. The topological polar surface area (TPSA) is 54.5 Å². The van der Waals surface area contributed by atoms with Crippen molar-refractivity contribution in [2.45, 2.75) is 17.7 Å². The van der Waals surface area contributed by atoms with Crippen molar-refractivity contribution < 1.29 is 17.6 Å². The van der Waals surface area contributed by atoms with Crippen LogP contribution in [0.2, 0.25) is 0 Å². The second-order valence-corrected chi connectivity index (χ2v) is 6.84. The van der Waals surface area contributed by atoms with E-state index in [9.17, 15) is 17.6 Å². The van der Waals surface area contributed by atoms with Crippen molar-refractivity contribution in [3.05, 3.63) is 42.2 Å². The zero-order valence-electron chi connectivity index (χ0n) is 11.0. The maximum atomic E-state index is 13.4. The molecule has 110 valence electrons. The van der Waals surface area contributed by atoms with Gasteiger partial charge in [-0.25, -0.2) is 12.8 Å². The average Bonchev–Trinajstić information content (AvgIpc) is 2.36. The molecule has 1 amide bonds. The second-order valence-electron chi connectivity index (χ2n) is 4.27. The summed E-state index contributed by atoms with van der Waals surface area (Å²) in [7, 11) is 2.64. The van der Waals surface area contributed by atoms with Crippen molar-refractivity contribution in [1.29, 1.82) is 0 Å². The molecule has 0 radical (unpaired) electrons. The maximum absolute atomic E-state index is 13.4. The number of nitrogens with zero attached hydrogens (tertiary/aromatic N) is 1. The van der Waals surface area contributed by atoms with E-state index in [0.717, 1.165) is 31.0 Å². The molecule has 7 heteroatoms. The summed E-state index contributed by atoms with van der Waals surface area (Å²) in [6.07, 6.45) is 3.21. The van der Waals surface area contributed by atoms with Crippen molar-refractivity contribution in [3.8, 4) is 0 Å². The van der Waals surface area contributed by atoms with Gasteiger partial charge in [0.25, 0.3) is 15.0 Å². The lowest BCUT2D eigenvalue weighted by atomic mass is 10.2. The molecule has 0 aliphatic heterocycles. The van der Waals surface area contributed by atoms with E-state index < -0.39 is 25.7 Å². The van der Waals surface area contributed by atoms with E-state index in [2.05, 4.69) is 6.58 Å². The molecule has 0 unspecified atom stereocenters. The number of carbonyl (C=O) groups excluding carboxylic acids is 1. The Morgan fingerprint density at radius 3 is 2.65 bits per heavy atom. The molecule has 0 fully saturated rings. The Balaban J connectivity index is 2.98. The molecule has 0 atom stereocenters. The smallest absolute Gasteiger partial charge is 0.261 e. The summed E-state index contributed by atoms with van der Waals surface area (Å²) in [5, 5.41) is 0. The van der Waals surface area contributed by atoms with Gasteiger partial charge >= 0.3 is 0 Å². The quantitative estimate of drug-likeness (QED) is 0.460. The zero-order valence-corrected chi connectivity index (χ0v) is 12.5. The van der Waals surface area contributed by atoms with Gasteiger partial charge in [0.2, 0.25) is 0 Å².